The van der Waals surface area contributed by atoms with Gasteiger partial charge in [0.25, 0.3) is 17.5 Å². The normalized spacial score (nSPS) is 19.8. The summed E-state index contributed by atoms with van der Waals surface area (Å²) in [5.41, 5.74) is -0.740. The molecule has 162 valence electrons. The van der Waals surface area contributed by atoms with Crippen LogP contribution in [-0.2, 0) is 16.9 Å². The number of nitrogens with zero attached hydrogens (tertiary/aromatic N) is 3. The smallest absolute Gasteiger partial charge is 0.322 e. The van der Waals surface area contributed by atoms with Crippen molar-refractivity contribution in [2.24, 2.45) is 0 Å². The van der Waals surface area contributed by atoms with Crippen molar-refractivity contribution >= 4 is 34.6 Å². The molecule has 1 fully saturated rings. The number of nitro groups is 1. The maximum atomic E-state index is 13.0. The molecule has 0 saturated carbocycles. The van der Waals surface area contributed by atoms with Gasteiger partial charge in [-0.3, -0.25) is 25.0 Å². The standard InChI is InChI=1S/C20H15N5O7/c1-31-13-3-2-10-8-24(17(26)14(10)6-13)9-20(18(27)22-19(28)23-20)15-5-11-4-12(25(29)30)7-21-16(11)32-15/h2-7H,8-9H2,1H3,(H2,22,23,27,28)/t20-/m0/s1. The summed E-state index contributed by atoms with van der Waals surface area (Å²) in [5, 5.41) is 16.1. The lowest BCUT2D eigenvalue weighted by molar-refractivity contribution is -0.385. The van der Waals surface area contributed by atoms with Gasteiger partial charge in [-0.2, -0.15) is 0 Å². The molecule has 1 saturated heterocycles. The summed E-state index contributed by atoms with van der Waals surface area (Å²) in [6, 6.07) is 7.00. The molecular weight excluding hydrogens is 422 g/mol. The average Bonchev–Trinajstić information content (AvgIpc) is 3.41. The van der Waals surface area contributed by atoms with Crippen LogP contribution in [0.3, 0.4) is 0 Å². The molecule has 4 amide bonds. The monoisotopic (exact) mass is 437 g/mol. The van der Waals surface area contributed by atoms with E-state index in [1.165, 1.54) is 24.1 Å². The number of fused-ring (bicyclic) bond motifs is 2. The van der Waals surface area contributed by atoms with E-state index < -0.39 is 22.4 Å². The molecule has 1 aromatic carbocycles. The van der Waals surface area contributed by atoms with Crippen molar-refractivity contribution in [2.45, 2.75) is 12.1 Å². The van der Waals surface area contributed by atoms with Crippen molar-refractivity contribution in [3.05, 3.63) is 63.5 Å². The number of amides is 4. The van der Waals surface area contributed by atoms with Gasteiger partial charge in [0, 0.05) is 23.6 Å². The minimum absolute atomic E-state index is 0.00480. The van der Waals surface area contributed by atoms with Crippen LogP contribution in [0.25, 0.3) is 11.1 Å². The number of furan rings is 1. The third-order valence-electron chi connectivity index (χ3n) is 5.55. The summed E-state index contributed by atoms with van der Waals surface area (Å²) >= 11 is 0. The second-order valence-electron chi connectivity index (χ2n) is 7.45. The van der Waals surface area contributed by atoms with Crippen molar-refractivity contribution < 1.29 is 28.5 Å². The van der Waals surface area contributed by atoms with Gasteiger partial charge in [-0.1, -0.05) is 6.07 Å². The minimum atomic E-state index is -1.73. The highest BCUT2D eigenvalue weighted by Gasteiger charge is 2.53. The van der Waals surface area contributed by atoms with Gasteiger partial charge in [-0.05, 0) is 23.8 Å². The van der Waals surface area contributed by atoms with Crippen LogP contribution >= 0.6 is 0 Å². The van der Waals surface area contributed by atoms with Crippen LogP contribution in [0.5, 0.6) is 5.75 Å². The lowest BCUT2D eigenvalue weighted by atomic mass is 9.95. The average molecular weight is 437 g/mol. The number of rotatable bonds is 5. The Bertz CT molecular complexity index is 1330. The van der Waals surface area contributed by atoms with Gasteiger partial charge < -0.3 is 19.4 Å². The Morgan fingerprint density at radius 1 is 1.28 bits per heavy atom. The van der Waals surface area contributed by atoms with Gasteiger partial charge in [0.05, 0.1) is 18.6 Å². The third-order valence-corrected chi connectivity index (χ3v) is 5.55. The van der Waals surface area contributed by atoms with Crippen molar-refractivity contribution in [1.29, 1.82) is 0 Å². The van der Waals surface area contributed by atoms with E-state index in [9.17, 15) is 24.5 Å². The fraction of sp³-hybridized carbons (Fsp3) is 0.200. The number of aromatic nitrogens is 1. The highest BCUT2D eigenvalue weighted by Crippen LogP contribution is 2.35. The summed E-state index contributed by atoms with van der Waals surface area (Å²) < 4.78 is 10.9. The predicted octanol–water partition coefficient (Wildman–Crippen LogP) is 1.44. The molecule has 0 bridgehead atoms. The molecule has 12 heteroatoms. The van der Waals surface area contributed by atoms with Crippen LogP contribution in [0.15, 0.2) is 40.9 Å². The molecule has 3 aromatic rings. The van der Waals surface area contributed by atoms with E-state index in [1.807, 2.05) is 0 Å². The Balaban J connectivity index is 1.55. The van der Waals surface area contributed by atoms with Gasteiger partial charge in [-0.15, -0.1) is 0 Å². The first kappa shape index (κ1) is 19.5. The number of urea groups is 1. The summed E-state index contributed by atoms with van der Waals surface area (Å²) in [7, 11) is 1.49. The molecule has 12 nitrogen and oxygen atoms in total. The number of hydrogen-bond donors (Lipinski definition) is 2. The Labute approximate surface area is 179 Å². The number of hydrogen-bond acceptors (Lipinski definition) is 8. The molecule has 5 rings (SSSR count). The molecule has 2 N–H and O–H groups in total. The van der Waals surface area contributed by atoms with Crippen LogP contribution < -0.4 is 15.4 Å². The molecule has 0 radical (unpaired) electrons. The Morgan fingerprint density at radius 3 is 2.78 bits per heavy atom. The van der Waals surface area contributed by atoms with Crippen LogP contribution in [0.2, 0.25) is 0 Å². The zero-order chi connectivity index (χ0) is 22.6. The van der Waals surface area contributed by atoms with Gasteiger partial charge in [0.2, 0.25) is 5.71 Å². The Hall–Kier alpha value is -4.48. The summed E-state index contributed by atoms with van der Waals surface area (Å²) in [5.74, 6) is -0.523. The summed E-state index contributed by atoms with van der Waals surface area (Å²) in [6.45, 7) is -0.00463. The van der Waals surface area contributed by atoms with Gasteiger partial charge >= 0.3 is 6.03 Å². The van der Waals surface area contributed by atoms with Crippen molar-refractivity contribution in [1.82, 2.24) is 20.5 Å². The largest absolute Gasteiger partial charge is 0.497 e. The van der Waals surface area contributed by atoms with E-state index in [1.54, 1.807) is 18.2 Å². The lowest BCUT2D eigenvalue weighted by Gasteiger charge is -2.28. The number of ether oxygens (including phenoxy) is 1. The van der Waals surface area contributed by atoms with E-state index in [2.05, 4.69) is 15.6 Å². The topological polar surface area (TPSA) is 157 Å². The van der Waals surface area contributed by atoms with E-state index in [4.69, 9.17) is 9.15 Å². The van der Waals surface area contributed by atoms with Crippen LogP contribution in [-0.4, -0.2) is 46.3 Å². The lowest BCUT2D eigenvalue weighted by Crippen LogP contribution is -2.52. The fourth-order valence-electron chi connectivity index (χ4n) is 3.97. The highest BCUT2D eigenvalue weighted by atomic mass is 16.6. The fourth-order valence-corrected chi connectivity index (χ4v) is 3.97. The van der Waals surface area contributed by atoms with E-state index in [0.717, 1.165) is 11.8 Å². The van der Waals surface area contributed by atoms with Crippen molar-refractivity contribution in [3.8, 4) is 5.75 Å². The van der Waals surface area contributed by atoms with Crippen LogP contribution in [0.1, 0.15) is 21.7 Å². The molecule has 2 aliphatic heterocycles. The third kappa shape index (κ3) is 2.84. The van der Waals surface area contributed by atoms with Crippen molar-refractivity contribution in [3.63, 3.8) is 0 Å². The van der Waals surface area contributed by atoms with Gasteiger partial charge in [-0.25, -0.2) is 9.78 Å². The second-order valence-corrected chi connectivity index (χ2v) is 7.45. The molecule has 4 heterocycles. The predicted molar refractivity (Wildman–Crippen MR) is 107 cm³/mol. The molecule has 0 aliphatic carbocycles. The zero-order valence-corrected chi connectivity index (χ0v) is 16.6. The number of carbonyl (C=O) groups excluding carboxylic acids is 3. The number of methoxy groups -OCH3 is 1. The first-order valence-electron chi connectivity index (χ1n) is 9.45. The summed E-state index contributed by atoms with van der Waals surface area (Å²) in [4.78, 5) is 53.7. The molecule has 2 aromatic heterocycles. The number of carbonyl (C=O) groups is 3. The van der Waals surface area contributed by atoms with Crippen molar-refractivity contribution in [2.75, 3.05) is 13.7 Å². The number of nitrogens with one attached hydrogen (secondary N) is 2. The Morgan fingerprint density at radius 2 is 2.09 bits per heavy atom. The van der Waals surface area contributed by atoms with E-state index in [0.29, 0.717) is 11.3 Å². The molecule has 32 heavy (non-hydrogen) atoms. The van der Waals surface area contributed by atoms with Gasteiger partial charge in [0.1, 0.15) is 17.7 Å². The maximum absolute atomic E-state index is 13.0. The quantitative estimate of drug-likeness (QED) is 0.345. The Kier molecular flexibility index (Phi) is 4.12. The zero-order valence-electron chi connectivity index (χ0n) is 16.6. The van der Waals surface area contributed by atoms with Crippen LogP contribution in [0, 0.1) is 10.1 Å². The molecule has 0 unspecified atom stereocenters. The molecule has 0 spiro atoms. The van der Waals surface area contributed by atoms with E-state index >= 15 is 0 Å². The SMILES string of the molecule is COc1ccc2c(c1)C(=O)N(C[C@@]1(c3cc4cc([N+](=O)[O-])cnc4o3)NC(=O)NC1=O)C2. The minimum Gasteiger partial charge on any atom is -0.497 e. The van der Waals surface area contributed by atoms with Gasteiger partial charge in [0.15, 0.2) is 5.54 Å². The first-order valence-corrected chi connectivity index (χ1v) is 9.45. The number of imide groups is 1. The number of pyridine rings is 1. The highest BCUT2D eigenvalue weighted by molar-refractivity contribution is 6.08. The second kappa shape index (κ2) is 6.77. The first-order chi connectivity index (χ1) is 15.3. The maximum Gasteiger partial charge on any atom is 0.322 e. The molecule has 1 atom stereocenters. The number of benzene rings is 1. The van der Waals surface area contributed by atoms with E-state index in [-0.39, 0.29) is 41.5 Å². The summed E-state index contributed by atoms with van der Waals surface area (Å²) in [6.07, 6.45) is 1.03. The molecular formula is C20H15N5O7. The van der Waals surface area contributed by atoms with Crippen LogP contribution in [0.4, 0.5) is 10.5 Å². The molecule has 2 aliphatic rings.